The molecule has 2 atom stereocenters. The summed E-state index contributed by atoms with van der Waals surface area (Å²) >= 11 is 0.972. The maximum Gasteiger partial charge on any atom is 0.573 e. The Labute approximate surface area is 169 Å². The SMILES string of the molecule is CCc1cc(Oc2cccc(OC(F)(F)F)c2)ccc1C(C)C1SC(=O)NC1=O. The largest absolute Gasteiger partial charge is 0.573 e. The number of hydrogen-bond acceptors (Lipinski definition) is 5. The van der Waals surface area contributed by atoms with Crippen molar-refractivity contribution < 1.29 is 32.2 Å². The van der Waals surface area contributed by atoms with Crippen LogP contribution in [-0.4, -0.2) is 22.8 Å². The normalized spacial score (nSPS) is 17.8. The summed E-state index contributed by atoms with van der Waals surface area (Å²) in [6.45, 7) is 3.82. The summed E-state index contributed by atoms with van der Waals surface area (Å²) < 4.78 is 46.7. The van der Waals surface area contributed by atoms with Crippen molar-refractivity contribution in [3.05, 3.63) is 53.6 Å². The van der Waals surface area contributed by atoms with Crippen LogP contribution in [0.4, 0.5) is 18.0 Å². The fourth-order valence-electron chi connectivity index (χ4n) is 3.13. The van der Waals surface area contributed by atoms with Crippen molar-refractivity contribution in [2.75, 3.05) is 0 Å². The van der Waals surface area contributed by atoms with Gasteiger partial charge in [0.25, 0.3) is 5.24 Å². The molecule has 2 amide bonds. The Hall–Kier alpha value is -2.68. The monoisotopic (exact) mass is 425 g/mol. The molecule has 2 aromatic carbocycles. The van der Waals surface area contributed by atoms with Gasteiger partial charge in [0.2, 0.25) is 5.91 Å². The van der Waals surface area contributed by atoms with Gasteiger partial charge in [0.15, 0.2) is 0 Å². The van der Waals surface area contributed by atoms with Gasteiger partial charge in [-0.1, -0.05) is 37.7 Å². The van der Waals surface area contributed by atoms with E-state index in [0.717, 1.165) is 29.0 Å². The first-order chi connectivity index (χ1) is 13.7. The van der Waals surface area contributed by atoms with Gasteiger partial charge >= 0.3 is 6.36 Å². The number of alkyl halides is 3. The van der Waals surface area contributed by atoms with Crippen molar-refractivity contribution in [1.82, 2.24) is 5.32 Å². The second kappa shape index (κ2) is 8.36. The maximum absolute atomic E-state index is 12.4. The lowest BCUT2D eigenvalue weighted by Gasteiger charge is -2.20. The first-order valence-corrected chi connectivity index (χ1v) is 9.72. The number of halogens is 3. The number of carbonyl (C=O) groups excluding carboxylic acids is 2. The second-order valence-corrected chi connectivity index (χ2v) is 7.56. The van der Waals surface area contributed by atoms with E-state index < -0.39 is 11.6 Å². The highest BCUT2D eigenvalue weighted by atomic mass is 32.2. The summed E-state index contributed by atoms with van der Waals surface area (Å²) in [5, 5.41) is 1.43. The number of benzene rings is 2. The summed E-state index contributed by atoms with van der Waals surface area (Å²) in [7, 11) is 0. The molecule has 1 fully saturated rings. The Morgan fingerprint density at radius 3 is 2.41 bits per heavy atom. The maximum atomic E-state index is 12.4. The van der Waals surface area contributed by atoms with Crippen LogP contribution < -0.4 is 14.8 Å². The number of amides is 2. The third-order valence-corrected chi connectivity index (χ3v) is 5.62. The van der Waals surface area contributed by atoms with E-state index in [1.165, 1.54) is 18.2 Å². The van der Waals surface area contributed by atoms with Gasteiger partial charge in [0.1, 0.15) is 17.2 Å². The van der Waals surface area contributed by atoms with Crippen LogP contribution in [-0.2, 0) is 11.2 Å². The Balaban J connectivity index is 1.80. The first-order valence-electron chi connectivity index (χ1n) is 8.84. The molecule has 0 radical (unpaired) electrons. The van der Waals surface area contributed by atoms with Crippen molar-refractivity contribution in [2.24, 2.45) is 0 Å². The average Bonchev–Trinajstić information content (AvgIpc) is 2.98. The van der Waals surface area contributed by atoms with Crippen molar-refractivity contribution in [1.29, 1.82) is 0 Å². The zero-order valence-corrected chi connectivity index (χ0v) is 16.4. The molecule has 2 unspecified atom stereocenters. The molecule has 0 aliphatic carbocycles. The molecule has 1 saturated heterocycles. The van der Waals surface area contributed by atoms with Gasteiger partial charge in [-0.25, -0.2) is 0 Å². The van der Waals surface area contributed by atoms with Crippen LogP contribution in [0.2, 0.25) is 0 Å². The van der Waals surface area contributed by atoms with Crippen molar-refractivity contribution in [3.8, 4) is 17.2 Å². The zero-order chi connectivity index (χ0) is 21.2. The summed E-state index contributed by atoms with van der Waals surface area (Å²) in [6, 6.07) is 10.5. The number of ether oxygens (including phenoxy) is 2. The molecular weight excluding hydrogens is 407 g/mol. The topological polar surface area (TPSA) is 64.6 Å². The summed E-state index contributed by atoms with van der Waals surface area (Å²) in [5.74, 6) is -0.229. The Bertz CT molecular complexity index is 932. The fourth-order valence-corrected chi connectivity index (χ4v) is 4.04. The number of thioether (sulfide) groups is 1. The molecule has 29 heavy (non-hydrogen) atoms. The number of rotatable bonds is 6. The van der Waals surface area contributed by atoms with Gasteiger partial charge in [-0.05, 0) is 41.8 Å². The van der Waals surface area contributed by atoms with Crippen LogP contribution >= 0.6 is 11.8 Å². The van der Waals surface area contributed by atoms with Gasteiger partial charge < -0.3 is 9.47 Å². The van der Waals surface area contributed by atoms with E-state index in [1.807, 2.05) is 19.9 Å². The quantitative estimate of drug-likeness (QED) is 0.672. The smallest absolute Gasteiger partial charge is 0.457 e. The molecule has 0 aromatic heterocycles. The Morgan fingerprint density at radius 1 is 1.10 bits per heavy atom. The van der Waals surface area contributed by atoms with Gasteiger partial charge in [-0.15, -0.1) is 13.2 Å². The minimum absolute atomic E-state index is 0.195. The molecule has 154 valence electrons. The molecule has 1 aliphatic heterocycles. The second-order valence-electron chi connectivity index (χ2n) is 6.44. The van der Waals surface area contributed by atoms with Crippen molar-refractivity contribution in [3.63, 3.8) is 0 Å². The molecule has 0 spiro atoms. The number of hydrogen-bond donors (Lipinski definition) is 1. The molecule has 0 saturated carbocycles. The Kier molecular flexibility index (Phi) is 6.07. The van der Waals surface area contributed by atoms with E-state index in [2.05, 4.69) is 10.1 Å². The van der Waals surface area contributed by atoms with E-state index in [1.54, 1.807) is 12.1 Å². The number of imide groups is 1. The third kappa shape index (κ3) is 5.23. The average molecular weight is 425 g/mol. The number of carbonyl (C=O) groups is 2. The third-order valence-electron chi connectivity index (χ3n) is 4.43. The highest BCUT2D eigenvalue weighted by molar-refractivity contribution is 8.15. The molecule has 9 heteroatoms. The molecular formula is C20H18F3NO4S. The van der Waals surface area contributed by atoms with Crippen molar-refractivity contribution >= 4 is 22.9 Å². The summed E-state index contributed by atoms with van der Waals surface area (Å²) in [5.41, 5.74) is 1.84. The van der Waals surface area contributed by atoms with Gasteiger partial charge in [-0.2, -0.15) is 0 Å². The van der Waals surface area contributed by atoms with Gasteiger partial charge in [0.05, 0.1) is 5.25 Å². The van der Waals surface area contributed by atoms with E-state index >= 15 is 0 Å². The minimum Gasteiger partial charge on any atom is -0.457 e. The molecule has 2 aromatic rings. The Morgan fingerprint density at radius 2 is 1.79 bits per heavy atom. The molecule has 5 nitrogen and oxygen atoms in total. The summed E-state index contributed by atoms with van der Waals surface area (Å²) in [4.78, 5) is 23.4. The summed E-state index contributed by atoms with van der Waals surface area (Å²) in [6.07, 6.45) is -4.13. The van der Waals surface area contributed by atoms with E-state index in [9.17, 15) is 22.8 Å². The number of aryl methyl sites for hydroxylation is 1. The molecule has 3 rings (SSSR count). The van der Waals surface area contributed by atoms with Crippen LogP contribution in [0, 0.1) is 0 Å². The predicted octanol–water partition coefficient (Wildman–Crippen LogP) is 5.40. The lowest BCUT2D eigenvalue weighted by Crippen LogP contribution is -2.27. The van der Waals surface area contributed by atoms with E-state index in [-0.39, 0.29) is 28.6 Å². The first kappa shape index (κ1) is 21.0. The molecule has 1 N–H and O–H groups in total. The van der Waals surface area contributed by atoms with E-state index in [4.69, 9.17) is 4.74 Å². The standard InChI is InChI=1S/C20H18F3NO4S/c1-3-12-9-14(27-13-5-4-6-15(10-13)28-20(21,22)23)7-8-16(12)11(2)17-18(25)24-19(26)29-17/h4-11,17H,3H2,1-2H3,(H,24,25,26). The number of nitrogens with one attached hydrogen (secondary N) is 1. The van der Waals surface area contributed by atoms with Crippen molar-refractivity contribution in [2.45, 2.75) is 37.8 Å². The zero-order valence-electron chi connectivity index (χ0n) is 15.6. The van der Waals surface area contributed by atoms with Crippen LogP contribution in [0.25, 0.3) is 0 Å². The highest BCUT2D eigenvalue weighted by Gasteiger charge is 2.37. The molecule has 1 aliphatic rings. The lowest BCUT2D eigenvalue weighted by atomic mass is 9.91. The highest BCUT2D eigenvalue weighted by Crippen LogP contribution is 2.36. The van der Waals surface area contributed by atoms with Gasteiger partial charge in [0, 0.05) is 12.0 Å². The minimum atomic E-state index is -4.78. The molecule has 1 heterocycles. The predicted molar refractivity (Wildman–Crippen MR) is 102 cm³/mol. The van der Waals surface area contributed by atoms with Gasteiger partial charge in [-0.3, -0.25) is 14.9 Å². The van der Waals surface area contributed by atoms with Crippen LogP contribution in [0.3, 0.4) is 0 Å². The lowest BCUT2D eigenvalue weighted by molar-refractivity contribution is -0.274. The van der Waals surface area contributed by atoms with E-state index in [0.29, 0.717) is 12.2 Å². The fraction of sp³-hybridized carbons (Fsp3) is 0.300. The van der Waals surface area contributed by atoms with Crippen LogP contribution in [0.1, 0.15) is 30.9 Å². The van der Waals surface area contributed by atoms with Crippen LogP contribution in [0.5, 0.6) is 17.2 Å². The molecule has 0 bridgehead atoms. The van der Waals surface area contributed by atoms with Crippen LogP contribution in [0.15, 0.2) is 42.5 Å².